The van der Waals surface area contributed by atoms with Crippen molar-refractivity contribution in [3.8, 4) is 0 Å². The van der Waals surface area contributed by atoms with Gasteiger partial charge in [0.15, 0.2) is 12.6 Å². The Kier molecular flexibility index (Phi) is 3.15. The van der Waals surface area contributed by atoms with E-state index in [9.17, 15) is 9.59 Å². The van der Waals surface area contributed by atoms with Crippen LogP contribution in [0.1, 0.15) is 11.1 Å². The average molecular weight is 174 g/mol. The summed E-state index contributed by atoms with van der Waals surface area (Å²) < 4.78 is 0. The molecule has 0 heterocycles. The topological polar surface area (TPSA) is 34.1 Å². The van der Waals surface area contributed by atoms with Crippen molar-refractivity contribution in [2.45, 2.75) is 6.92 Å². The summed E-state index contributed by atoms with van der Waals surface area (Å²) >= 11 is 0. The van der Waals surface area contributed by atoms with Gasteiger partial charge in [0.05, 0.1) is 5.57 Å². The van der Waals surface area contributed by atoms with E-state index in [0.717, 1.165) is 11.1 Å². The Morgan fingerprint density at radius 2 is 1.62 bits per heavy atom. The minimum Gasteiger partial charge on any atom is -0.298 e. The Bertz CT molecular complexity index is 324. The van der Waals surface area contributed by atoms with E-state index in [4.69, 9.17) is 0 Å². The molecule has 2 heteroatoms. The van der Waals surface area contributed by atoms with Gasteiger partial charge in [0.2, 0.25) is 0 Å². The first-order chi connectivity index (χ1) is 6.26. The average Bonchev–Trinajstić information content (AvgIpc) is 2.17. The zero-order valence-corrected chi connectivity index (χ0v) is 7.36. The van der Waals surface area contributed by atoms with E-state index in [2.05, 4.69) is 0 Å². The lowest BCUT2D eigenvalue weighted by Crippen LogP contribution is -1.85. The van der Waals surface area contributed by atoms with Crippen LogP contribution >= 0.6 is 0 Å². The molecule has 0 fully saturated rings. The molecule has 1 aromatic rings. The molecule has 0 atom stereocenters. The van der Waals surface area contributed by atoms with Crippen LogP contribution in [0.15, 0.2) is 29.8 Å². The SMILES string of the molecule is Cc1ccc(C=C(C=O)C=O)cc1. The number of carbonyl (C=O) groups excluding carboxylic acids is 2. The minimum absolute atomic E-state index is 0.156. The second-order valence-electron chi connectivity index (χ2n) is 2.79. The van der Waals surface area contributed by atoms with Crippen molar-refractivity contribution < 1.29 is 9.59 Å². The predicted octanol–water partition coefficient (Wildman–Crippen LogP) is 1.78. The van der Waals surface area contributed by atoms with Gasteiger partial charge in [-0.2, -0.15) is 0 Å². The maximum atomic E-state index is 10.3. The number of aryl methyl sites for hydroxylation is 1. The van der Waals surface area contributed by atoms with Crippen LogP contribution in [-0.4, -0.2) is 12.6 Å². The summed E-state index contributed by atoms with van der Waals surface area (Å²) in [4.78, 5) is 20.6. The van der Waals surface area contributed by atoms with Crippen LogP contribution in [0.25, 0.3) is 6.08 Å². The van der Waals surface area contributed by atoms with Crippen LogP contribution in [0.5, 0.6) is 0 Å². The van der Waals surface area contributed by atoms with Crippen LogP contribution < -0.4 is 0 Å². The Morgan fingerprint density at radius 3 is 2.08 bits per heavy atom. The van der Waals surface area contributed by atoms with Crippen molar-refractivity contribution in [2.75, 3.05) is 0 Å². The van der Waals surface area contributed by atoms with Gasteiger partial charge in [0, 0.05) is 0 Å². The second kappa shape index (κ2) is 4.36. The molecular weight excluding hydrogens is 164 g/mol. The second-order valence-corrected chi connectivity index (χ2v) is 2.79. The molecule has 1 rings (SSSR count). The largest absolute Gasteiger partial charge is 0.298 e. The highest BCUT2D eigenvalue weighted by Gasteiger charge is 1.92. The van der Waals surface area contributed by atoms with E-state index >= 15 is 0 Å². The van der Waals surface area contributed by atoms with Crippen LogP contribution in [-0.2, 0) is 9.59 Å². The molecule has 0 N–H and O–H groups in total. The number of hydrogen-bond acceptors (Lipinski definition) is 2. The monoisotopic (exact) mass is 174 g/mol. The fraction of sp³-hybridized carbons (Fsp3) is 0.0909. The van der Waals surface area contributed by atoms with E-state index < -0.39 is 0 Å². The first kappa shape index (κ1) is 9.39. The van der Waals surface area contributed by atoms with Gasteiger partial charge in [-0.1, -0.05) is 29.8 Å². The number of carbonyl (C=O) groups is 2. The van der Waals surface area contributed by atoms with E-state index in [-0.39, 0.29) is 5.57 Å². The van der Waals surface area contributed by atoms with Gasteiger partial charge < -0.3 is 0 Å². The van der Waals surface area contributed by atoms with E-state index in [1.165, 1.54) is 0 Å². The van der Waals surface area contributed by atoms with Gasteiger partial charge in [0.1, 0.15) is 0 Å². The zero-order valence-electron chi connectivity index (χ0n) is 7.36. The Labute approximate surface area is 76.9 Å². The summed E-state index contributed by atoms with van der Waals surface area (Å²) in [5.74, 6) is 0. The molecule has 1 aromatic carbocycles. The maximum Gasteiger partial charge on any atom is 0.153 e. The lowest BCUT2D eigenvalue weighted by atomic mass is 10.1. The molecule has 0 saturated heterocycles. The number of allylic oxidation sites excluding steroid dienone is 1. The van der Waals surface area contributed by atoms with Gasteiger partial charge in [-0.3, -0.25) is 9.59 Å². The Hall–Kier alpha value is -1.70. The quantitative estimate of drug-likeness (QED) is 0.303. The molecule has 0 spiro atoms. The predicted molar refractivity (Wildman–Crippen MR) is 51.3 cm³/mol. The zero-order chi connectivity index (χ0) is 9.68. The molecule has 0 aromatic heterocycles. The molecule has 0 saturated carbocycles. The summed E-state index contributed by atoms with van der Waals surface area (Å²) in [6.45, 7) is 1.98. The summed E-state index contributed by atoms with van der Waals surface area (Å²) in [7, 11) is 0. The molecule has 66 valence electrons. The highest BCUT2D eigenvalue weighted by Crippen LogP contribution is 2.06. The standard InChI is InChI=1S/C11H10O2/c1-9-2-4-10(5-3-9)6-11(7-12)8-13/h2-8H,1H3. The van der Waals surface area contributed by atoms with Crippen LogP contribution in [0.3, 0.4) is 0 Å². The van der Waals surface area contributed by atoms with Gasteiger partial charge in [-0.05, 0) is 18.6 Å². The van der Waals surface area contributed by atoms with Crippen LogP contribution in [0, 0.1) is 6.92 Å². The van der Waals surface area contributed by atoms with Crippen molar-refractivity contribution in [1.82, 2.24) is 0 Å². The number of benzene rings is 1. The third-order valence-corrected chi connectivity index (χ3v) is 1.68. The van der Waals surface area contributed by atoms with E-state index in [0.29, 0.717) is 12.6 Å². The molecule has 0 bridgehead atoms. The van der Waals surface area contributed by atoms with Crippen molar-refractivity contribution >= 4 is 18.6 Å². The van der Waals surface area contributed by atoms with E-state index in [1.807, 2.05) is 31.2 Å². The summed E-state index contributed by atoms with van der Waals surface area (Å²) in [6.07, 6.45) is 2.65. The lowest BCUT2D eigenvalue weighted by molar-refractivity contribution is -0.109. The fourth-order valence-corrected chi connectivity index (χ4v) is 0.951. The normalized spacial score (nSPS) is 9.00. The van der Waals surface area contributed by atoms with Crippen LogP contribution in [0.4, 0.5) is 0 Å². The Balaban J connectivity index is 2.96. The third-order valence-electron chi connectivity index (χ3n) is 1.68. The molecule has 0 aliphatic carbocycles. The van der Waals surface area contributed by atoms with Crippen molar-refractivity contribution in [1.29, 1.82) is 0 Å². The molecule has 2 nitrogen and oxygen atoms in total. The number of aldehydes is 2. The summed E-state index contributed by atoms with van der Waals surface area (Å²) in [5, 5.41) is 0. The van der Waals surface area contributed by atoms with E-state index in [1.54, 1.807) is 6.08 Å². The van der Waals surface area contributed by atoms with Crippen LogP contribution in [0.2, 0.25) is 0 Å². The number of rotatable bonds is 3. The minimum atomic E-state index is 0.156. The molecule has 0 unspecified atom stereocenters. The van der Waals surface area contributed by atoms with Gasteiger partial charge >= 0.3 is 0 Å². The molecule has 0 aliphatic rings. The smallest absolute Gasteiger partial charge is 0.153 e. The fourth-order valence-electron chi connectivity index (χ4n) is 0.951. The molecular formula is C11H10O2. The number of hydrogen-bond donors (Lipinski definition) is 0. The van der Waals surface area contributed by atoms with Gasteiger partial charge in [0.25, 0.3) is 0 Å². The molecule has 0 aliphatic heterocycles. The maximum absolute atomic E-state index is 10.3. The summed E-state index contributed by atoms with van der Waals surface area (Å²) in [6, 6.07) is 7.59. The third kappa shape index (κ3) is 2.67. The molecule has 0 radical (unpaired) electrons. The first-order valence-electron chi connectivity index (χ1n) is 3.95. The van der Waals surface area contributed by atoms with Crippen molar-refractivity contribution in [3.05, 3.63) is 41.0 Å². The van der Waals surface area contributed by atoms with Crippen molar-refractivity contribution in [3.63, 3.8) is 0 Å². The van der Waals surface area contributed by atoms with Gasteiger partial charge in [-0.15, -0.1) is 0 Å². The molecule has 0 amide bonds. The highest BCUT2D eigenvalue weighted by molar-refractivity contribution is 6.04. The van der Waals surface area contributed by atoms with Gasteiger partial charge in [-0.25, -0.2) is 0 Å². The lowest BCUT2D eigenvalue weighted by Gasteiger charge is -1.94. The first-order valence-corrected chi connectivity index (χ1v) is 3.95. The highest BCUT2D eigenvalue weighted by atomic mass is 16.1. The summed E-state index contributed by atoms with van der Waals surface area (Å²) in [5.41, 5.74) is 2.17. The van der Waals surface area contributed by atoms with Crippen molar-refractivity contribution in [2.24, 2.45) is 0 Å². The Morgan fingerprint density at radius 1 is 1.08 bits per heavy atom. The molecule has 13 heavy (non-hydrogen) atoms.